The number of hydrogen-bond donors (Lipinski definition) is 2. The first-order valence-electron chi connectivity index (χ1n) is 11.0. The smallest absolute Gasteiger partial charge is 0.191 e. The van der Waals surface area contributed by atoms with Crippen molar-refractivity contribution >= 4 is 29.9 Å². The van der Waals surface area contributed by atoms with Crippen LogP contribution in [-0.2, 0) is 6.54 Å². The van der Waals surface area contributed by atoms with Gasteiger partial charge < -0.3 is 20.3 Å². The minimum atomic E-state index is 0. The van der Waals surface area contributed by atoms with Gasteiger partial charge in [0.15, 0.2) is 5.96 Å². The first-order valence-corrected chi connectivity index (χ1v) is 11.0. The Bertz CT molecular complexity index is 613. The molecule has 0 aliphatic carbocycles. The third kappa shape index (κ3) is 9.83. The third-order valence-corrected chi connectivity index (χ3v) is 5.53. The zero-order valence-electron chi connectivity index (χ0n) is 19.5. The lowest BCUT2D eigenvalue weighted by molar-refractivity contribution is 0.0982. The Balaban J connectivity index is 0.00000450. The van der Waals surface area contributed by atoms with Crippen molar-refractivity contribution < 1.29 is 4.74 Å². The van der Waals surface area contributed by atoms with Crippen LogP contribution < -0.4 is 15.4 Å². The van der Waals surface area contributed by atoms with Gasteiger partial charge in [0.1, 0.15) is 5.75 Å². The van der Waals surface area contributed by atoms with Crippen LogP contribution >= 0.6 is 24.0 Å². The minimum Gasteiger partial charge on any atom is -0.494 e. The highest BCUT2D eigenvalue weighted by atomic mass is 127. The molecule has 0 radical (unpaired) electrons. The molecule has 1 fully saturated rings. The van der Waals surface area contributed by atoms with Gasteiger partial charge in [0, 0.05) is 32.2 Å². The fourth-order valence-corrected chi connectivity index (χ4v) is 3.59. The van der Waals surface area contributed by atoms with Crippen molar-refractivity contribution in [3.05, 3.63) is 29.8 Å². The summed E-state index contributed by atoms with van der Waals surface area (Å²) >= 11 is 0. The monoisotopic (exact) mass is 531 g/mol. The van der Waals surface area contributed by atoms with Crippen molar-refractivity contribution in [1.29, 1.82) is 0 Å². The van der Waals surface area contributed by atoms with Gasteiger partial charge in [-0.1, -0.05) is 18.6 Å². The first kappa shape index (κ1) is 27.0. The molecule has 172 valence electrons. The number of piperidine rings is 1. The molecule has 0 unspecified atom stereocenters. The summed E-state index contributed by atoms with van der Waals surface area (Å²) in [5, 5.41) is 6.92. The topological polar surface area (TPSA) is 52.1 Å². The average molecular weight is 532 g/mol. The molecule has 1 saturated heterocycles. The van der Waals surface area contributed by atoms with Crippen LogP contribution in [0.2, 0.25) is 0 Å². The number of aliphatic imine (C=N–C) groups is 1. The molecular weight excluding hydrogens is 489 g/mol. The lowest BCUT2D eigenvalue weighted by Crippen LogP contribution is -2.54. The van der Waals surface area contributed by atoms with Crippen molar-refractivity contribution in [3.63, 3.8) is 0 Å². The molecule has 0 saturated carbocycles. The van der Waals surface area contributed by atoms with Gasteiger partial charge in [-0.3, -0.25) is 9.89 Å². The van der Waals surface area contributed by atoms with Crippen molar-refractivity contribution in [2.24, 2.45) is 4.99 Å². The minimum absolute atomic E-state index is 0. The SMILES string of the molecule is CN=C(NCc1ccc(OCCCN(C)C)cc1)NCC(C)(C)N1CCCCC1.I. The maximum Gasteiger partial charge on any atom is 0.191 e. The van der Waals surface area contributed by atoms with E-state index < -0.39 is 0 Å². The molecule has 2 N–H and O–H groups in total. The predicted octanol–water partition coefficient (Wildman–Crippen LogP) is 3.56. The molecule has 1 aromatic rings. The standard InChI is InChI=1S/C23H41N5O.HI/c1-23(2,28-15-7-6-8-16-28)19-26-22(24-3)25-18-20-10-12-21(13-11-20)29-17-9-14-27(4)5;/h10-13H,6-9,14-19H2,1-5H3,(H2,24,25,26);1H. The maximum atomic E-state index is 5.80. The molecule has 30 heavy (non-hydrogen) atoms. The summed E-state index contributed by atoms with van der Waals surface area (Å²) in [6.07, 6.45) is 5.02. The number of rotatable bonds is 10. The summed E-state index contributed by atoms with van der Waals surface area (Å²) in [6, 6.07) is 8.31. The molecule has 0 spiro atoms. The van der Waals surface area contributed by atoms with E-state index in [0.29, 0.717) is 0 Å². The molecule has 0 bridgehead atoms. The summed E-state index contributed by atoms with van der Waals surface area (Å²) in [6.45, 7) is 10.4. The number of hydrogen-bond acceptors (Lipinski definition) is 4. The second-order valence-corrected chi connectivity index (χ2v) is 8.79. The van der Waals surface area contributed by atoms with Crippen molar-refractivity contribution in [1.82, 2.24) is 20.4 Å². The van der Waals surface area contributed by atoms with Crippen molar-refractivity contribution in [2.75, 3.05) is 53.9 Å². The van der Waals surface area contributed by atoms with Crippen LogP contribution in [0.1, 0.15) is 45.1 Å². The van der Waals surface area contributed by atoms with Gasteiger partial charge in [0.05, 0.1) is 6.61 Å². The molecule has 0 aromatic heterocycles. The molecule has 2 rings (SSSR count). The molecular formula is C23H42IN5O. The first-order chi connectivity index (χ1) is 13.9. The van der Waals surface area contributed by atoms with Gasteiger partial charge in [0.2, 0.25) is 0 Å². The zero-order chi connectivity index (χ0) is 21.1. The van der Waals surface area contributed by atoms with E-state index in [9.17, 15) is 0 Å². The van der Waals surface area contributed by atoms with E-state index in [2.05, 4.69) is 65.5 Å². The molecule has 1 aromatic carbocycles. The van der Waals surface area contributed by atoms with E-state index in [1.807, 2.05) is 19.2 Å². The van der Waals surface area contributed by atoms with Gasteiger partial charge in [-0.05, 0) is 78.0 Å². The number of likely N-dealkylation sites (tertiary alicyclic amines) is 1. The lowest BCUT2D eigenvalue weighted by Gasteiger charge is -2.41. The van der Waals surface area contributed by atoms with Gasteiger partial charge in [-0.15, -0.1) is 24.0 Å². The fraction of sp³-hybridized carbons (Fsp3) is 0.696. The van der Waals surface area contributed by atoms with Crippen LogP contribution in [0.15, 0.2) is 29.3 Å². The summed E-state index contributed by atoms with van der Waals surface area (Å²) in [5.41, 5.74) is 1.34. The van der Waals surface area contributed by atoms with E-state index in [1.54, 1.807) is 0 Å². The highest BCUT2D eigenvalue weighted by molar-refractivity contribution is 14.0. The van der Waals surface area contributed by atoms with Crippen molar-refractivity contribution in [3.8, 4) is 5.75 Å². The number of ether oxygens (including phenoxy) is 1. The largest absolute Gasteiger partial charge is 0.494 e. The van der Waals surface area contributed by atoms with Crippen LogP contribution in [0.25, 0.3) is 0 Å². The number of benzene rings is 1. The highest BCUT2D eigenvalue weighted by Crippen LogP contribution is 2.19. The van der Waals surface area contributed by atoms with Crippen LogP contribution in [0.3, 0.4) is 0 Å². The fourth-order valence-electron chi connectivity index (χ4n) is 3.59. The van der Waals surface area contributed by atoms with Crippen LogP contribution in [0.4, 0.5) is 0 Å². The Morgan fingerprint density at radius 2 is 1.77 bits per heavy atom. The quantitative estimate of drug-likeness (QED) is 0.209. The van der Waals surface area contributed by atoms with Crippen LogP contribution in [0.5, 0.6) is 5.75 Å². The summed E-state index contributed by atoms with van der Waals surface area (Å²) in [5.74, 6) is 1.78. The maximum absolute atomic E-state index is 5.80. The van der Waals surface area contributed by atoms with Gasteiger partial charge in [-0.2, -0.15) is 0 Å². The predicted molar refractivity (Wildman–Crippen MR) is 138 cm³/mol. The highest BCUT2D eigenvalue weighted by Gasteiger charge is 2.27. The Morgan fingerprint density at radius 1 is 1.10 bits per heavy atom. The molecule has 0 amide bonds. The number of guanidine groups is 1. The normalized spacial score (nSPS) is 15.6. The molecule has 6 nitrogen and oxygen atoms in total. The zero-order valence-corrected chi connectivity index (χ0v) is 21.9. The molecule has 7 heteroatoms. The van der Waals surface area contributed by atoms with Crippen molar-refractivity contribution in [2.45, 2.75) is 51.6 Å². The van der Waals surface area contributed by atoms with Gasteiger partial charge >= 0.3 is 0 Å². The second-order valence-electron chi connectivity index (χ2n) is 8.79. The Labute approximate surface area is 200 Å². The Hall–Kier alpha value is -1.06. The summed E-state index contributed by atoms with van der Waals surface area (Å²) in [7, 11) is 5.99. The van der Waals surface area contributed by atoms with Crippen LogP contribution in [0, 0.1) is 0 Å². The number of nitrogens with zero attached hydrogens (tertiary/aromatic N) is 3. The summed E-state index contributed by atoms with van der Waals surface area (Å²) in [4.78, 5) is 9.14. The summed E-state index contributed by atoms with van der Waals surface area (Å²) < 4.78 is 5.80. The Morgan fingerprint density at radius 3 is 2.37 bits per heavy atom. The lowest BCUT2D eigenvalue weighted by atomic mass is 9.98. The number of halogens is 1. The van der Waals surface area contributed by atoms with Gasteiger partial charge in [0.25, 0.3) is 0 Å². The molecule has 1 aliphatic heterocycles. The number of nitrogens with one attached hydrogen (secondary N) is 2. The molecule has 0 atom stereocenters. The van der Waals surface area contributed by atoms with E-state index in [0.717, 1.165) is 44.4 Å². The molecule has 1 aliphatic rings. The van der Waals surface area contributed by atoms with E-state index >= 15 is 0 Å². The second kappa shape index (κ2) is 14.1. The van der Waals surface area contributed by atoms with E-state index in [4.69, 9.17) is 4.74 Å². The van der Waals surface area contributed by atoms with E-state index in [1.165, 1.54) is 37.9 Å². The Kier molecular flexibility index (Phi) is 12.7. The van der Waals surface area contributed by atoms with Crippen LogP contribution in [-0.4, -0.2) is 75.2 Å². The third-order valence-electron chi connectivity index (χ3n) is 5.53. The van der Waals surface area contributed by atoms with E-state index in [-0.39, 0.29) is 29.5 Å². The van der Waals surface area contributed by atoms with Gasteiger partial charge in [-0.25, -0.2) is 0 Å². The molecule has 1 heterocycles. The average Bonchev–Trinajstić information content (AvgIpc) is 2.73.